The van der Waals surface area contributed by atoms with E-state index in [4.69, 9.17) is 18.0 Å². The summed E-state index contributed by atoms with van der Waals surface area (Å²) in [5.74, 6) is 2.71. The van der Waals surface area contributed by atoms with Crippen LogP contribution in [-0.4, -0.2) is 19.6 Å². The first-order valence-electron chi connectivity index (χ1n) is 7.35. The second kappa shape index (κ2) is 8.89. The van der Waals surface area contributed by atoms with Crippen molar-refractivity contribution in [2.45, 2.75) is 39.7 Å². The van der Waals surface area contributed by atoms with Crippen LogP contribution in [-0.2, 0) is 0 Å². The molecule has 0 aromatic heterocycles. The fourth-order valence-electron chi connectivity index (χ4n) is 2.21. The minimum absolute atomic E-state index is 0.267. The van der Waals surface area contributed by atoms with Gasteiger partial charge in [-0.25, -0.2) is 0 Å². The molecule has 0 bridgehead atoms. The van der Waals surface area contributed by atoms with Gasteiger partial charge in [0.05, 0.1) is 6.54 Å². The number of terminal acetylenes is 1. The molecule has 1 rings (SSSR count). The number of benzene rings is 1. The summed E-state index contributed by atoms with van der Waals surface area (Å²) in [6.07, 6.45) is 7.62. The van der Waals surface area contributed by atoms with E-state index in [0.29, 0.717) is 6.54 Å². The van der Waals surface area contributed by atoms with Crippen molar-refractivity contribution in [1.29, 1.82) is 0 Å². The van der Waals surface area contributed by atoms with E-state index in [2.05, 4.69) is 49.0 Å². The van der Waals surface area contributed by atoms with Crippen molar-refractivity contribution in [3.63, 3.8) is 0 Å². The van der Waals surface area contributed by atoms with Crippen molar-refractivity contribution in [1.82, 2.24) is 5.32 Å². The maximum atomic E-state index is 6.43. The van der Waals surface area contributed by atoms with E-state index in [0.717, 1.165) is 42.2 Å². The molecule has 2 nitrogen and oxygen atoms in total. The molecule has 1 atom stereocenters. The molecule has 1 N–H and O–H groups in total. The second-order valence-corrected chi connectivity index (χ2v) is 5.41. The Hall–Kier alpha value is -1.17. The molecule has 0 aliphatic carbocycles. The van der Waals surface area contributed by atoms with Gasteiger partial charge in [-0.1, -0.05) is 37.4 Å². The first-order valence-corrected chi connectivity index (χ1v) is 7.73. The molecule has 110 valence electrons. The molecule has 0 heterocycles. The zero-order chi connectivity index (χ0) is 15.0. The largest absolute Gasteiger partial charge is 0.360 e. The van der Waals surface area contributed by atoms with Gasteiger partial charge in [0.15, 0.2) is 0 Å². The lowest BCUT2D eigenvalue weighted by molar-refractivity contribution is 0.571. The van der Waals surface area contributed by atoms with Crippen LogP contribution >= 0.6 is 11.6 Å². The molecule has 20 heavy (non-hydrogen) atoms. The van der Waals surface area contributed by atoms with Crippen LogP contribution in [0.5, 0.6) is 0 Å². The summed E-state index contributed by atoms with van der Waals surface area (Å²) < 4.78 is 0. The van der Waals surface area contributed by atoms with Gasteiger partial charge in [0.25, 0.3) is 0 Å². The second-order valence-electron chi connectivity index (χ2n) is 5.01. The minimum atomic E-state index is 0.267. The molecule has 0 saturated heterocycles. The highest BCUT2D eigenvalue weighted by Gasteiger charge is 2.11. The third kappa shape index (κ3) is 4.74. The quantitative estimate of drug-likeness (QED) is 0.721. The van der Waals surface area contributed by atoms with Gasteiger partial charge in [0.2, 0.25) is 0 Å². The van der Waals surface area contributed by atoms with Crippen molar-refractivity contribution in [2.75, 3.05) is 24.5 Å². The lowest BCUT2D eigenvalue weighted by Crippen LogP contribution is -2.24. The minimum Gasteiger partial charge on any atom is -0.360 e. The highest BCUT2D eigenvalue weighted by molar-refractivity contribution is 6.31. The van der Waals surface area contributed by atoms with E-state index in [9.17, 15) is 0 Å². The summed E-state index contributed by atoms with van der Waals surface area (Å²) >= 11 is 6.43. The number of rotatable bonds is 8. The Balaban J connectivity index is 2.88. The summed E-state index contributed by atoms with van der Waals surface area (Å²) in [7, 11) is 0. The fourth-order valence-corrected chi connectivity index (χ4v) is 2.55. The summed E-state index contributed by atoms with van der Waals surface area (Å²) in [5.41, 5.74) is 2.24. The lowest BCUT2D eigenvalue weighted by atomic mass is 10.1. The van der Waals surface area contributed by atoms with Crippen LogP contribution in [0.25, 0.3) is 0 Å². The van der Waals surface area contributed by atoms with Crippen molar-refractivity contribution in [3.05, 3.63) is 28.8 Å². The van der Waals surface area contributed by atoms with E-state index in [-0.39, 0.29) is 6.04 Å². The van der Waals surface area contributed by atoms with Crippen molar-refractivity contribution in [2.24, 2.45) is 0 Å². The van der Waals surface area contributed by atoms with Gasteiger partial charge in [-0.2, -0.15) is 0 Å². The van der Waals surface area contributed by atoms with E-state index in [1.165, 1.54) is 0 Å². The standard InChI is InChI=1S/C17H25ClN2/c1-5-10-19-14(4)16-9-8-15(13-17(16)18)20(11-6-2)12-7-3/h2,8-9,13-14,19H,5,7,10-12H2,1,3-4H3. The van der Waals surface area contributed by atoms with Crippen molar-refractivity contribution in [3.8, 4) is 12.3 Å². The molecule has 3 heteroatoms. The maximum absolute atomic E-state index is 6.43. The maximum Gasteiger partial charge on any atom is 0.0791 e. The van der Waals surface area contributed by atoms with E-state index < -0.39 is 0 Å². The molecular formula is C17H25ClN2. The summed E-state index contributed by atoms with van der Waals surface area (Å²) in [6.45, 7) is 9.01. The molecule has 1 unspecified atom stereocenters. The molecule has 0 fully saturated rings. The summed E-state index contributed by atoms with van der Waals surface area (Å²) in [5, 5.41) is 4.26. The van der Waals surface area contributed by atoms with Gasteiger partial charge in [0, 0.05) is 23.3 Å². The average molecular weight is 293 g/mol. The third-order valence-electron chi connectivity index (χ3n) is 3.29. The van der Waals surface area contributed by atoms with E-state index >= 15 is 0 Å². The van der Waals surface area contributed by atoms with E-state index in [1.807, 2.05) is 6.07 Å². The van der Waals surface area contributed by atoms with Crippen LogP contribution in [0.4, 0.5) is 5.69 Å². The first kappa shape index (κ1) is 16.9. The molecule has 0 spiro atoms. The monoisotopic (exact) mass is 292 g/mol. The predicted octanol–water partition coefficient (Wildman–Crippen LogP) is 4.25. The lowest BCUT2D eigenvalue weighted by Gasteiger charge is -2.23. The highest BCUT2D eigenvalue weighted by atomic mass is 35.5. The van der Waals surface area contributed by atoms with Gasteiger partial charge in [0.1, 0.15) is 0 Å². The zero-order valence-electron chi connectivity index (χ0n) is 12.7. The van der Waals surface area contributed by atoms with Crippen LogP contribution in [0, 0.1) is 12.3 Å². The number of nitrogens with one attached hydrogen (secondary N) is 1. The van der Waals surface area contributed by atoms with Crippen LogP contribution in [0.1, 0.15) is 45.2 Å². The Morgan fingerprint density at radius 3 is 2.65 bits per heavy atom. The van der Waals surface area contributed by atoms with Crippen LogP contribution in [0.2, 0.25) is 5.02 Å². The zero-order valence-corrected chi connectivity index (χ0v) is 13.5. The van der Waals surface area contributed by atoms with Crippen LogP contribution in [0.15, 0.2) is 18.2 Å². The molecule has 0 aliphatic heterocycles. The highest BCUT2D eigenvalue weighted by Crippen LogP contribution is 2.28. The Kier molecular flexibility index (Phi) is 7.51. The van der Waals surface area contributed by atoms with Gasteiger partial charge in [-0.15, -0.1) is 6.42 Å². The van der Waals surface area contributed by atoms with Gasteiger partial charge >= 0.3 is 0 Å². The molecule has 1 aromatic rings. The SMILES string of the molecule is C#CCN(CCC)c1ccc(C(C)NCCC)c(Cl)c1. The van der Waals surface area contributed by atoms with Gasteiger partial charge in [-0.3, -0.25) is 0 Å². The molecule has 0 amide bonds. The van der Waals surface area contributed by atoms with Crippen molar-refractivity contribution < 1.29 is 0 Å². The third-order valence-corrected chi connectivity index (χ3v) is 3.62. The number of halogens is 1. The summed E-state index contributed by atoms with van der Waals surface area (Å²) in [6, 6.07) is 6.50. The smallest absolute Gasteiger partial charge is 0.0791 e. The molecule has 0 radical (unpaired) electrons. The van der Waals surface area contributed by atoms with Gasteiger partial charge < -0.3 is 10.2 Å². The molecule has 1 aromatic carbocycles. The van der Waals surface area contributed by atoms with Crippen LogP contribution in [0.3, 0.4) is 0 Å². The number of hydrogen-bond donors (Lipinski definition) is 1. The summed E-state index contributed by atoms with van der Waals surface area (Å²) in [4.78, 5) is 2.18. The fraction of sp³-hybridized carbons (Fsp3) is 0.529. The topological polar surface area (TPSA) is 15.3 Å². The first-order chi connectivity index (χ1) is 9.63. The van der Waals surface area contributed by atoms with Gasteiger partial charge in [-0.05, 0) is 44.0 Å². The predicted molar refractivity (Wildman–Crippen MR) is 89.5 cm³/mol. The average Bonchev–Trinajstić information content (AvgIpc) is 2.44. The molecular weight excluding hydrogens is 268 g/mol. The number of nitrogens with zero attached hydrogens (tertiary/aromatic N) is 1. The molecule has 0 saturated carbocycles. The normalized spacial score (nSPS) is 11.9. The Morgan fingerprint density at radius 2 is 2.10 bits per heavy atom. The Labute approximate surface area is 128 Å². The van der Waals surface area contributed by atoms with Crippen LogP contribution < -0.4 is 10.2 Å². The Morgan fingerprint density at radius 1 is 1.35 bits per heavy atom. The van der Waals surface area contributed by atoms with Crippen molar-refractivity contribution >= 4 is 17.3 Å². The molecule has 0 aliphatic rings. The number of anilines is 1. The van der Waals surface area contributed by atoms with E-state index in [1.54, 1.807) is 0 Å². The Bertz CT molecular complexity index is 451. The number of hydrogen-bond acceptors (Lipinski definition) is 2.